The van der Waals surface area contributed by atoms with Gasteiger partial charge in [0.1, 0.15) is 30.5 Å². The number of carbonyl (C=O) groups is 1. The van der Waals surface area contributed by atoms with Crippen LogP contribution in [0.4, 0.5) is 0 Å². The number of carbonyl (C=O) groups excluding carboxylic acids is 1. The highest BCUT2D eigenvalue weighted by Gasteiger charge is 2.44. The lowest BCUT2D eigenvalue weighted by Crippen LogP contribution is -2.60. The number of amides is 1. The molecular weight excluding hydrogens is 690 g/mol. The Morgan fingerprint density at radius 1 is 0.704 bits per heavy atom. The molecule has 0 aromatic carbocycles. The van der Waals surface area contributed by atoms with Gasteiger partial charge in [-0.05, 0) is 37.7 Å². The Labute approximate surface area is 327 Å². The van der Waals surface area contributed by atoms with E-state index in [0.29, 0.717) is 19.3 Å². The second-order valence-corrected chi connectivity index (χ2v) is 15.6. The molecule has 0 unspecified atom stereocenters. The van der Waals surface area contributed by atoms with Gasteiger partial charge in [-0.25, -0.2) is 0 Å². The van der Waals surface area contributed by atoms with Crippen molar-refractivity contribution in [1.82, 2.24) is 5.32 Å². The Morgan fingerprint density at radius 3 is 1.72 bits per heavy atom. The standard InChI is InChI=1S/C43H81NO10/c1-4-6-8-10-12-13-14-15-16-17-18-20-22-24-30-37(48)42(52)44-34(32-53-43-41(51)40(50)39(49)38(31-45)54-43)36(47)29-26-25-28-35(46)33(3)27-23-21-19-11-9-7-5-2/h26,29,34-41,43,45-51H,3-25,27-28,30-32H2,1-2H3,(H,44,52)/t34-,35-,36+,37-,38-,39-,40+,41-,43-/m1/s1. The predicted octanol–water partition coefficient (Wildman–Crippen LogP) is 6.28. The van der Waals surface area contributed by atoms with Gasteiger partial charge in [0.25, 0.3) is 0 Å². The van der Waals surface area contributed by atoms with E-state index >= 15 is 0 Å². The summed E-state index contributed by atoms with van der Waals surface area (Å²) in [5, 5.41) is 75.1. The third-order valence-electron chi connectivity index (χ3n) is 10.7. The second-order valence-electron chi connectivity index (χ2n) is 15.6. The molecule has 0 saturated carbocycles. The lowest BCUT2D eigenvalue weighted by atomic mass is 9.99. The van der Waals surface area contributed by atoms with Crippen LogP contribution in [0.25, 0.3) is 0 Å². The van der Waals surface area contributed by atoms with E-state index < -0.39 is 67.6 Å². The van der Waals surface area contributed by atoms with Gasteiger partial charge in [-0.15, -0.1) is 0 Å². The van der Waals surface area contributed by atoms with Gasteiger partial charge in [-0.2, -0.15) is 0 Å². The van der Waals surface area contributed by atoms with Crippen LogP contribution in [0.3, 0.4) is 0 Å². The molecule has 11 heteroatoms. The van der Waals surface area contributed by atoms with Crippen LogP contribution in [0.15, 0.2) is 24.3 Å². The van der Waals surface area contributed by atoms with Crippen molar-refractivity contribution in [3.63, 3.8) is 0 Å². The van der Waals surface area contributed by atoms with Crippen LogP contribution >= 0.6 is 0 Å². The summed E-state index contributed by atoms with van der Waals surface area (Å²) >= 11 is 0. The van der Waals surface area contributed by atoms with Crippen LogP contribution in [0.5, 0.6) is 0 Å². The van der Waals surface area contributed by atoms with E-state index in [1.807, 2.05) is 0 Å². The Kier molecular flexibility index (Phi) is 30.6. The lowest BCUT2D eigenvalue weighted by Gasteiger charge is -2.40. The Hall–Kier alpha value is -1.41. The molecule has 1 rings (SSSR count). The van der Waals surface area contributed by atoms with E-state index in [1.165, 1.54) is 102 Å². The maximum absolute atomic E-state index is 13.0. The van der Waals surface area contributed by atoms with Crippen LogP contribution in [0.2, 0.25) is 0 Å². The molecule has 1 fully saturated rings. The first kappa shape index (κ1) is 50.6. The first-order chi connectivity index (χ1) is 26.1. The van der Waals surface area contributed by atoms with Crippen LogP contribution in [-0.2, 0) is 14.3 Å². The molecule has 1 amide bonds. The summed E-state index contributed by atoms with van der Waals surface area (Å²) in [4.78, 5) is 13.0. The maximum Gasteiger partial charge on any atom is 0.249 e. The number of hydrogen-bond acceptors (Lipinski definition) is 10. The molecule has 318 valence electrons. The minimum atomic E-state index is -1.65. The van der Waals surface area contributed by atoms with Crippen LogP contribution in [0.1, 0.15) is 174 Å². The van der Waals surface area contributed by atoms with Crippen molar-refractivity contribution < 1.29 is 50.0 Å². The SMILES string of the molecule is C=C(CCCCCCCCC)[C@H](O)CCC=C[C@H](O)[C@@H](CO[C@@H]1O[C@H](CO)[C@@H](O)[C@H](O)[C@H]1O)NC(=O)[C@H](O)CCCCCCCCCCCCCCCC. The van der Waals surface area contributed by atoms with Gasteiger partial charge in [0, 0.05) is 0 Å². The molecule has 11 nitrogen and oxygen atoms in total. The third-order valence-corrected chi connectivity index (χ3v) is 10.7. The normalized spacial score (nSPS) is 22.6. The number of aliphatic hydroxyl groups excluding tert-OH is 7. The van der Waals surface area contributed by atoms with Crippen LogP contribution in [-0.4, -0.2) is 110 Å². The summed E-state index contributed by atoms with van der Waals surface area (Å²) in [5.41, 5.74) is 0.795. The van der Waals surface area contributed by atoms with Gasteiger partial charge in [0.15, 0.2) is 6.29 Å². The molecule has 0 aromatic rings. The molecule has 8 N–H and O–H groups in total. The fraction of sp³-hybridized carbons (Fsp3) is 0.884. The second kappa shape index (κ2) is 32.7. The molecule has 0 aliphatic carbocycles. The zero-order valence-corrected chi connectivity index (χ0v) is 34.0. The zero-order chi connectivity index (χ0) is 40.0. The van der Waals surface area contributed by atoms with E-state index in [-0.39, 0.29) is 13.0 Å². The Morgan fingerprint density at radius 2 is 1.20 bits per heavy atom. The molecule has 1 aliphatic rings. The largest absolute Gasteiger partial charge is 0.394 e. The summed E-state index contributed by atoms with van der Waals surface area (Å²) in [6.07, 6.45) is 19.6. The monoisotopic (exact) mass is 772 g/mol. The smallest absolute Gasteiger partial charge is 0.249 e. The fourth-order valence-corrected chi connectivity index (χ4v) is 6.88. The predicted molar refractivity (Wildman–Crippen MR) is 215 cm³/mol. The average molecular weight is 772 g/mol. The van der Waals surface area contributed by atoms with Gasteiger partial charge in [-0.1, -0.05) is 161 Å². The zero-order valence-electron chi connectivity index (χ0n) is 34.0. The molecular formula is C43H81NO10. The quantitative estimate of drug-likeness (QED) is 0.0269. The number of ether oxygens (including phenoxy) is 2. The number of hydrogen-bond donors (Lipinski definition) is 8. The van der Waals surface area contributed by atoms with E-state index in [0.717, 1.165) is 44.1 Å². The van der Waals surface area contributed by atoms with Gasteiger partial charge in [0.2, 0.25) is 5.91 Å². The highest BCUT2D eigenvalue weighted by atomic mass is 16.7. The number of unbranched alkanes of at least 4 members (excludes halogenated alkanes) is 19. The minimum absolute atomic E-state index is 0.275. The number of allylic oxidation sites excluding steroid dienone is 1. The highest BCUT2D eigenvalue weighted by Crippen LogP contribution is 2.23. The van der Waals surface area contributed by atoms with Crippen molar-refractivity contribution in [1.29, 1.82) is 0 Å². The summed E-state index contributed by atoms with van der Waals surface area (Å²) in [6, 6.07) is -1.07. The van der Waals surface area contributed by atoms with E-state index in [9.17, 15) is 40.5 Å². The van der Waals surface area contributed by atoms with Crippen molar-refractivity contribution in [3.05, 3.63) is 24.3 Å². The Balaban J connectivity index is 2.56. The molecule has 54 heavy (non-hydrogen) atoms. The van der Waals surface area contributed by atoms with Crippen LogP contribution in [0, 0.1) is 0 Å². The maximum atomic E-state index is 13.0. The van der Waals surface area contributed by atoms with Crippen molar-refractivity contribution in [3.8, 4) is 0 Å². The fourth-order valence-electron chi connectivity index (χ4n) is 6.88. The van der Waals surface area contributed by atoms with Gasteiger partial charge >= 0.3 is 0 Å². The van der Waals surface area contributed by atoms with Gasteiger partial charge < -0.3 is 50.5 Å². The molecule has 1 aliphatic heterocycles. The highest BCUT2D eigenvalue weighted by molar-refractivity contribution is 5.80. The topological polar surface area (TPSA) is 189 Å². The Bertz CT molecular complexity index is 949. The number of rotatable bonds is 35. The van der Waals surface area contributed by atoms with Crippen molar-refractivity contribution in [2.75, 3.05) is 13.2 Å². The number of nitrogens with one attached hydrogen (secondary N) is 1. The number of aliphatic hydroxyl groups is 7. The van der Waals surface area contributed by atoms with Crippen molar-refractivity contribution in [2.45, 2.75) is 229 Å². The van der Waals surface area contributed by atoms with E-state index in [1.54, 1.807) is 6.08 Å². The molecule has 0 aromatic heterocycles. The van der Waals surface area contributed by atoms with Gasteiger partial charge in [0.05, 0.1) is 31.5 Å². The first-order valence-electron chi connectivity index (χ1n) is 21.7. The van der Waals surface area contributed by atoms with Crippen molar-refractivity contribution in [2.24, 2.45) is 0 Å². The molecule has 1 saturated heterocycles. The van der Waals surface area contributed by atoms with E-state index in [4.69, 9.17) is 9.47 Å². The summed E-state index contributed by atoms with van der Waals surface area (Å²) in [5.74, 6) is -0.670. The minimum Gasteiger partial charge on any atom is -0.394 e. The molecule has 9 atom stereocenters. The third kappa shape index (κ3) is 23.0. The summed E-state index contributed by atoms with van der Waals surface area (Å²) in [7, 11) is 0. The molecule has 0 radical (unpaired) electrons. The average Bonchev–Trinajstić information content (AvgIpc) is 3.17. The lowest BCUT2D eigenvalue weighted by molar-refractivity contribution is -0.302. The molecule has 0 spiro atoms. The summed E-state index contributed by atoms with van der Waals surface area (Å²) in [6.45, 7) is 7.50. The van der Waals surface area contributed by atoms with Gasteiger partial charge in [-0.3, -0.25) is 4.79 Å². The van der Waals surface area contributed by atoms with E-state index in [2.05, 4.69) is 25.7 Å². The van der Waals surface area contributed by atoms with Crippen molar-refractivity contribution >= 4 is 5.91 Å². The van der Waals surface area contributed by atoms with Crippen LogP contribution < -0.4 is 5.32 Å². The summed E-state index contributed by atoms with van der Waals surface area (Å²) < 4.78 is 11.1. The molecule has 0 bridgehead atoms. The first-order valence-corrected chi connectivity index (χ1v) is 21.7. The molecule has 1 heterocycles.